The number of nitrogens with one attached hydrogen (secondary N) is 1. The van der Waals surface area contributed by atoms with Gasteiger partial charge in [-0.2, -0.15) is 0 Å². The van der Waals surface area contributed by atoms with Crippen LogP contribution in [0.15, 0.2) is 29.8 Å². The first-order valence-electron chi connectivity index (χ1n) is 4.93. The maximum atomic E-state index is 5.82. The molecule has 0 saturated carbocycles. The molecular formula is C11H12ClN3S. The van der Waals surface area contributed by atoms with Crippen LogP contribution in [-0.2, 0) is 6.42 Å². The molecule has 84 valence electrons. The van der Waals surface area contributed by atoms with Gasteiger partial charge in [-0.15, -0.1) is 11.3 Å². The zero-order chi connectivity index (χ0) is 11.4. The number of nitrogens with zero attached hydrogens (tertiary/aromatic N) is 1. The van der Waals surface area contributed by atoms with Crippen LogP contribution < -0.4 is 11.1 Å². The van der Waals surface area contributed by atoms with Gasteiger partial charge in [0, 0.05) is 29.6 Å². The highest BCUT2D eigenvalue weighted by atomic mass is 35.5. The number of halogens is 1. The maximum absolute atomic E-state index is 5.82. The van der Waals surface area contributed by atoms with Crippen LogP contribution in [0.4, 0.5) is 11.4 Å². The summed E-state index contributed by atoms with van der Waals surface area (Å²) in [7, 11) is 0. The number of benzene rings is 1. The van der Waals surface area contributed by atoms with Crippen molar-refractivity contribution in [3.8, 4) is 0 Å². The largest absolute Gasteiger partial charge is 0.397 e. The highest BCUT2D eigenvalue weighted by Gasteiger charge is 2.00. The lowest BCUT2D eigenvalue weighted by molar-refractivity contribution is 0.999. The molecule has 0 unspecified atom stereocenters. The standard InChI is InChI=1S/C11H12ClN3S/c12-8-1-2-10(9(13)7-8)14-4-3-11-15-5-6-16-11/h1-2,5-7,14H,3-4,13H2. The van der Waals surface area contributed by atoms with Crippen LogP contribution in [0.3, 0.4) is 0 Å². The van der Waals surface area contributed by atoms with Gasteiger partial charge in [-0.05, 0) is 18.2 Å². The average molecular weight is 254 g/mol. The van der Waals surface area contributed by atoms with Crippen molar-refractivity contribution in [3.63, 3.8) is 0 Å². The number of nitrogens with two attached hydrogens (primary N) is 1. The van der Waals surface area contributed by atoms with E-state index in [4.69, 9.17) is 17.3 Å². The van der Waals surface area contributed by atoms with Gasteiger partial charge in [-0.25, -0.2) is 4.98 Å². The van der Waals surface area contributed by atoms with Gasteiger partial charge in [-0.1, -0.05) is 11.6 Å². The molecule has 2 rings (SSSR count). The molecule has 1 heterocycles. The second kappa shape index (κ2) is 5.18. The van der Waals surface area contributed by atoms with E-state index < -0.39 is 0 Å². The molecule has 0 aliphatic carbocycles. The molecule has 0 amide bonds. The predicted octanol–water partition coefficient (Wildman–Crippen LogP) is 3.03. The highest BCUT2D eigenvalue weighted by molar-refractivity contribution is 7.09. The number of rotatable bonds is 4. The van der Waals surface area contributed by atoms with Gasteiger partial charge in [0.2, 0.25) is 0 Å². The summed E-state index contributed by atoms with van der Waals surface area (Å²) in [6.07, 6.45) is 2.72. The first kappa shape index (κ1) is 11.2. The molecule has 3 N–H and O–H groups in total. The van der Waals surface area contributed by atoms with Crippen molar-refractivity contribution >= 4 is 34.3 Å². The molecular weight excluding hydrogens is 242 g/mol. The molecule has 0 spiro atoms. The number of hydrogen-bond acceptors (Lipinski definition) is 4. The molecule has 0 radical (unpaired) electrons. The zero-order valence-corrected chi connectivity index (χ0v) is 10.2. The van der Waals surface area contributed by atoms with Crippen LogP contribution in [0.2, 0.25) is 5.02 Å². The summed E-state index contributed by atoms with van der Waals surface area (Å²) in [5, 5.41) is 7.02. The van der Waals surface area contributed by atoms with E-state index in [2.05, 4.69) is 10.3 Å². The Morgan fingerprint density at radius 2 is 2.31 bits per heavy atom. The Morgan fingerprint density at radius 1 is 1.44 bits per heavy atom. The van der Waals surface area contributed by atoms with E-state index in [1.165, 1.54) is 0 Å². The molecule has 5 heteroatoms. The topological polar surface area (TPSA) is 50.9 Å². The van der Waals surface area contributed by atoms with Crippen molar-refractivity contribution in [2.45, 2.75) is 6.42 Å². The number of anilines is 2. The smallest absolute Gasteiger partial charge is 0.0942 e. The van der Waals surface area contributed by atoms with Crippen molar-refractivity contribution < 1.29 is 0 Å². The van der Waals surface area contributed by atoms with Crippen LogP contribution in [0.1, 0.15) is 5.01 Å². The minimum Gasteiger partial charge on any atom is -0.397 e. The van der Waals surface area contributed by atoms with Gasteiger partial charge in [0.1, 0.15) is 0 Å². The lowest BCUT2D eigenvalue weighted by Gasteiger charge is -2.08. The molecule has 1 aromatic heterocycles. The highest BCUT2D eigenvalue weighted by Crippen LogP contribution is 2.22. The average Bonchev–Trinajstić information content (AvgIpc) is 2.74. The first-order valence-corrected chi connectivity index (χ1v) is 6.19. The molecule has 0 atom stereocenters. The second-order valence-electron chi connectivity index (χ2n) is 3.33. The molecule has 1 aromatic carbocycles. The van der Waals surface area contributed by atoms with Crippen LogP contribution in [0, 0.1) is 0 Å². The van der Waals surface area contributed by atoms with E-state index in [-0.39, 0.29) is 0 Å². The molecule has 0 fully saturated rings. The molecule has 0 saturated heterocycles. The lowest BCUT2D eigenvalue weighted by atomic mass is 10.2. The molecule has 0 bridgehead atoms. The number of hydrogen-bond donors (Lipinski definition) is 2. The van der Waals surface area contributed by atoms with E-state index in [1.807, 2.05) is 23.7 Å². The van der Waals surface area contributed by atoms with Crippen LogP contribution in [0.5, 0.6) is 0 Å². The van der Waals surface area contributed by atoms with Crippen molar-refractivity contribution in [3.05, 3.63) is 39.8 Å². The molecule has 0 aliphatic rings. The van der Waals surface area contributed by atoms with Gasteiger partial charge in [0.05, 0.1) is 16.4 Å². The van der Waals surface area contributed by atoms with Gasteiger partial charge in [0.25, 0.3) is 0 Å². The van der Waals surface area contributed by atoms with Crippen molar-refractivity contribution in [1.29, 1.82) is 0 Å². The fourth-order valence-electron chi connectivity index (χ4n) is 1.38. The summed E-state index contributed by atoms with van der Waals surface area (Å²) in [6, 6.07) is 5.45. The van der Waals surface area contributed by atoms with Gasteiger partial charge in [-0.3, -0.25) is 0 Å². The number of nitrogen functional groups attached to an aromatic ring is 1. The Bertz CT molecular complexity index is 456. The van der Waals surface area contributed by atoms with Crippen LogP contribution >= 0.6 is 22.9 Å². The lowest BCUT2D eigenvalue weighted by Crippen LogP contribution is -2.06. The van der Waals surface area contributed by atoms with E-state index in [9.17, 15) is 0 Å². The molecule has 0 aliphatic heterocycles. The summed E-state index contributed by atoms with van der Waals surface area (Å²) in [6.45, 7) is 0.819. The minimum atomic E-state index is 0.656. The summed E-state index contributed by atoms with van der Waals surface area (Å²) in [4.78, 5) is 4.21. The number of aromatic nitrogens is 1. The van der Waals surface area contributed by atoms with Crippen molar-refractivity contribution in [2.24, 2.45) is 0 Å². The first-order chi connectivity index (χ1) is 7.75. The Labute approximate surface area is 103 Å². The van der Waals surface area contributed by atoms with Gasteiger partial charge < -0.3 is 11.1 Å². The van der Waals surface area contributed by atoms with E-state index in [0.29, 0.717) is 10.7 Å². The Morgan fingerprint density at radius 3 is 3.00 bits per heavy atom. The molecule has 16 heavy (non-hydrogen) atoms. The predicted molar refractivity (Wildman–Crippen MR) is 70.2 cm³/mol. The monoisotopic (exact) mass is 253 g/mol. The Hall–Kier alpha value is -1.26. The SMILES string of the molecule is Nc1cc(Cl)ccc1NCCc1nccs1. The molecule has 3 nitrogen and oxygen atoms in total. The maximum Gasteiger partial charge on any atom is 0.0942 e. The van der Waals surface area contributed by atoms with Crippen LogP contribution in [0.25, 0.3) is 0 Å². The van der Waals surface area contributed by atoms with E-state index >= 15 is 0 Å². The van der Waals surface area contributed by atoms with Crippen LogP contribution in [-0.4, -0.2) is 11.5 Å². The molecule has 2 aromatic rings. The number of thiazole rings is 1. The Balaban J connectivity index is 1.90. The quantitative estimate of drug-likeness (QED) is 0.824. The normalized spacial score (nSPS) is 10.3. The third kappa shape index (κ3) is 2.87. The summed E-state index contributed by atoms with van der Waals surface area (Å²) >= 11 is 7.48. The third-order valence-electron chi connectivity index (χ3n) is 2.15. The van der Waals surface area contributed by atoms with Gasteiger partial charge >= 0.3 is 0 Å². The fourth-order valence-corrected chi connectivity index (χ4v) is 2.18. The zero-order valence-electron chi connectivity index (χ0n) is 8.61. The second-order valence-corrected chi connectivity index (χ2v) is 4.75. The van der Waals surface area contributed by atoms with Crippen molar-refractivity contribution in [2.75, 3.05) is 17.6 Å². The van der Waals surface area contributed by atoms with Crippen molar-refractivity contribution in [1.82, 2.24) is 4.98 Å². The van der Waals surface area contributed by atoms with Gasteiger partial charge in [0.15, 0.2) is 0 Å². The van der Waals surface area contributed by atoms with E-state index in [0.717, 1.165) is 23.7 Å². The summed E-state index contributed by atoms with van der Waals surface area (Å²) < 4.78 is 0. The van der Waals surface area contributed by atoms with E-state index in [1.54, 1.807) is 17.4 Å². The summed E-state index contributed by atoms with van der Waals surface area (Å²) in [5.41, 5.74) is 7.41. The third-order valence-corrected chi connectivity index (χ3v) is 3.23. The minimum absolute atomic E-state index is 0.656. The summed E-state index contributed by atoms with van der Waals surface area (Å²) in [5.74, 6) is 0. The Kier molecular flexibility index (Phi) is 3.64. The fraction of sp³-hybridized carbons (Fsp3) is 0.182.